The van der Waals surface area contributed by atoms with Crippen molar-refractivity contribution in [2.45, 2.75) is 119 Å². The zero-order valence-electron chi connectivity index (χ0n) is 40.9. The van der Waals surface area contributed by atoms with E-state index in [-0.39, 0.29) is 57.2 Å². The van der Waals surface area contributed by atoms with Crippen molar-refractivity contribution in [3.63, 3.8) is 0 Å². The Balaban J connectivity index is 1.23. The summed E-state index contributed by atoms with van der Waals surface area (Å²) in [6.45, 7) is 3.44. The molecular weight excluding hydrogens is 949 g/mol. The first-order valence-electron chi connectivity index (χ1n) is 24.5. The molecule has 10 atom stereocenters. The maximum absolute atomic E-state index is 14.3. The van der Waals surface area contributed by atoms with Crippen LogP contribution in [0.15, 0.2) is 181 Å². The molecule has 2 saturated heterocycles. The number of thioether (sulfide) groups is 1. The molecule has 0 spiro atoms. The van der Waals surface area contributed by atoms with Crippen molar-refractivity contribution in [2.24, 2.45) is 0 Å². The monoisotopic (exact) mass is 1010 g/mol. The van der Waals surface area contributed by atoms with Gasteiger partial charge in [-0.15, -0.1) is 0 Å². The lowest BCUT2D eigenvalue weighted by Gasteiger charge is -2.49. The SMILES string of the molecule is CC(=O)CCC(=O)O[C@@H]1[C@H](O[C@H]2O[C@H](COCc3ccccc3)[C@@H](OCc3ccccc3)[C@H](OCc3ccccc3)[C@H]2OCc2ccccc2)[C@@H](OC(=O)c2ccccc2)[C@H](Sc2ccc(C)cc2)O[C@@H]1CO. The van der Waals surface area contributed by atoms with Gasteiger partial charge in [-0.3, -0.25) is 4.79 Å². The Kier molecular flexibility index (Phi) is 19.9. The summed E-state index contributed by atoms with van der Waals surface area (Å²) in [4.78, 5) is 41.0. The zero-order chi connectivity index (χ0) is 50.8. The number of ether oxygens (including phenoxy) is 9. The summed E-state index contributed by atoms with van der Waals surface area (Å²) in [6, 6.07) is 55.1. The van der Waals surface area contributed by atoms with Gasteiger partial charge in [0.05, 0.1) is 51.6 Å². The summed E-state index contributed by atoms with van der Waals surface area (Å²) in [7, 11) is 0. The van der Waals surface area contributed by atoms with Crippen LogP contribution in [-0.4, -0.2) is 96.6 Å². The summed E-state index contributed by atoms with van der Waals surface area (Å²) in [5.74, 6) is -1.66. The van der Waals surface area contributed by atoms with E-state index in [1.807, 2.05) is 153 Å². The molecular formula is C59H62O13S. The van der Waals surface area contributed by atoms with Gasteiger partial charge in [0.1, 0.15) is 47.8 Å². The van der Waals surface area contributed by atoms with Crippen molar-refractivity contribution in [1.82, 2.24) is 0 Å². The lowest BCUT2D eigenvalue weighted by atomic mass is 9.96. The van der Waals surface area contributed by atoms with Crippen LogP contribution in [0, 0.1) is 6.92 Å². The predicted octanol–water partition coefficient (Wildman–Crippen LogP) is 9.39. The Hall–Kier alpha value is -6.04. The van der Waals surface area contributed by atoms with Crippen molar-refractivity contribution < 1.29 is 62.1 Å². The van der Waals surface area contributed by atoms with E-state index in [0.717, 1.165) is 32.7 Å². The van der Waals surface area contributed by atoms with Crippen LogP contribution in [0.3, 0.4) is 0 Å². The molecule has 2 aliphatic heterocycles. The Morgan fingerprint density at radius 1 is 0.521 bits per heavy atom. The second kappa shape index (κ2) is 27.3. The second-order valence-corrected chi connectivity index (χ2v) is 19.1. The Morgan fingerprint density at radius 3 is 1.56 bits per heavy atom. The summed E-state index contributed by atoms with van der Waals surface area (Å²) in [6.07, 6.45) is -10.7. The minimum absolute atomic E-state index is 0.0135. The number of esters is 2. The first kappa shape index (κ1) is 53.3. The number of hydrogen-bond donors (Lipinski definition) is 1. The minimum atomic E-state index is -1.41. The highest BCUT2D eigenvalue weighted by Gasteiger charge is 2.56. The van der Waals surface area contributed by atoms with Crippen LogP contribution in [0.4, 0.5) is 0 Å². The molecule has 0 aliphatic carbocycles. The first-order chi connectivity index (χ1) is 35.7. The van der Waals surface area contributed by atoms with E-state index < -0.39 is 79.1 Å². The highest BCUT2D eigenvalue weighted by molar-refractivity contribution is 7.99. The number of carbonyl (C=O) groups is 3. The van der Waals surface area contributed by atoms with Crippen LogP contribution in [0.1, 0.15) is 57.9 Å². The molecule has 382 valence electrons. The van der Waals surface area contributed by atoms with Crippen LogP contribution in [0.5, 0.6) is 0 Å². The average Bonchev–Trinajstić information content (AvgIpc) is 3.42. The van der Waals surface area contributed by atoms with Gasteiger partial charge in [-0.2, -0.15) is 0 Å². The highest BCUT2D eigenvalue weighted by Crippen LogP contribution is 2.40. The number of aryl methyl sites for hydroxylation is 1. The Morgan fingerprint density at radius 2 is 1.03 bits per heavy atom. The number of rotatable bonds is 24. The van der Waals surface area contributed by atoms with Crippen molar-refractivity contribution in [1.29, 1.82) is 0 Å². The summed E-state index contributed by atoms with van der Waals surface area (Å²) < 4.78 is 60.9. The van der Waals surface area contributed by atoms with Gasteiger partial charge < -0.3 is 52.5 Å². The number of benzene rings is 6. The molecule has 6 aromatic rings. The van der Waals surface area contributed by atoms with E-state index in [9.17, 15) is 19.5 Å². The lowest BCUT2D eigenvalue weighted by Crippen LogP contribution is -2.66. The molecule has 14 heteroatoms. The molecule has 0 aromatic heterocycles. The largest absolute Gasteiger partial charge is 0.457 e. The molecule has 0 unspecified atom stereocenters. The van der Waals surface area contributed by atoms with E-state index in [4.69, 9.17) is 42.6 Å². The van der Waals surface area contributed by atoms with Crippen molar-refractivity contribution in [3.05, 3.63) is 209 Å². The van der Waals surface area contributed by atoms with Gasteiger partial charge in [-0.05, 0) is 60.4 Å². The van der Waals surface area contributed by atoms with Crippen LogP contribution in [0.2, 0.25) is 0 Å². The van der Waals surface area contributed by atoms with Crippen LogP contribution < -0.4 is 0 Å². The number of aliphatic hydroxyl groups excluding tert-OH is 1. The smallest absolute Gasteiger partial charge is 0.338 e. The summed E-state index contributed by atoms with van der Waals surface area (Å²) in [5, 5.41) is 11.1. The average molecular weight is 1010 g/mol. The molecule has 0 radical (unpaired) electrons. The third-order valence-electron chi connectivity index (χ3n) is 12.4. The highest BCUT2D eigenvalue weighted by atomic mass is 32.2. The number of aliphatic hydroxyl groups is 1. The van der Waals surface area contributed by atoms with Gasteiger partial charge in [0.25, 0.3) is 0 Å². The fourth-order valence-corrected chi connectivity index (χ4v) is 9.66. The van der Waals surface area contributed by atoms with Gasteiger partial charge in [-0.25, -0.2) is 4.79 Å². The topological polar surface area (TPSA) is 155 Å². The van der Waals surface area contributed by atoms with Crippen molar-refractivity contribution in [3.8, 4) is 0 Å². The van der Waals surface area contributed by atoms with Gasteiger partial charge in [0.2, 0.25) is 0 Å². The van der Waals surface area contributed by atoms with E-state index in [0.29, 0.717) is 0 Å². The molecule has 1 N–H and O–H groups in total. The molecule has 0 amide bonds. The Bertz CT molecular complexity index is 2590. The normalized spacial score (nSPS) is 23.8. The standard InChI is InChI=1S/C59H62O13S/c1-40-28-31-47(32-29-40)73-59-56(71-57(63)46-26-16-7-17-27-46)54(52(48(34-60)69-59)70-50(62)33-30-41(2)61)72-58-55(67-38-45-24-14-6-15-25-45)53(66-37-44-22-12-5-13-23-44)51(65-36-43-20-10-4-11-21-43)49(68-58)39-64-35-42-18-8-3-9-19-42/h3-29,31-32,48-49,51-56,58-60H,30,33-39H2,1-2H3/t48-,49-,51-,52+,53+,54+,55-,56-,58-,59+/m1/s1. The maximum Gasteiger partial charge on any atom is 0.338 e. The molecule has 13 nitrogen and oxygen atoms in total. The number of hydrogen-bond acceptors (Lipinski definition) is 14. The van der Waals surface area contributed by atoms with Gasteiger partial charge >= 0.3 is 11.9 Å². The van der Waals surface area contributed by atoms with Gasteiger partial charge in [0.15, 0.2) is 18.5 Å². The molecule has 2 fully saturated rings. The van der Waals surface area contributed by atoms with E-state index >= 15 is 0 Å². The molecule has 0 bridgehead atoms. The number of Topliss-reactive ketones (excluding diaryl/α,β-unsaturated/α-hetero) is 1. The Labute approximate surface area is 431 Å². The van der Waals surface area contributed by atoms with Crippen LogP contribution in [0.25, 0.3) is 0 Å². The molecule has 73 heavy (non-hydrogen) atoms. The maximum atomic E-state index is 14.3. The van der Waals surface area contributed by atoms with E-state index in [2.05, 4.69) is 0 Å². The molecule has 2 aliphatic rings. The third kappa shape index (κ3) is 15.5. The van der Waals surface area contributed by atoms with Gasteiger partial charge in [-0.1, -0.05) is 169 Å². The second-order valence-electron chi connectivity index (χ2n) is 18.0. The van der Waals surface area contributed by atoms with Crippen molar-refractivity contribution >= 4 is 29.5 Å². The molecule has 2 heterocycles. The van der Waals surface area contributed by atoms with Crippen LogP contribution >= 0.6 is 11.8 Å². The van der Waals surface area contributed by atoms with Crippen LogP contribution in [-0.2, 0) is 78.6 Å². The summed E-state index contributed by atoms with van der Waals surface area (Å²) in [5.41, 5.74) is 3.85. The van der Waals surface area contributed by atoms with Crippen molar-refractivity contribution in [2.75, 3.05) is 13.2 Å². The fraction of sp³-hybridized carbons (Fsp3) is 0.339. The van der Waals surface area contributed by atoms with E-state index in [1.54, 1.807) is 30.3 Å². The predicted molar refractivity (Wildman–Crippen MR) is 273 cm³/mol. The lowest BCUT2D eigenvalue weighted by molar-refractivity contribution is -0.355. The quantitative estimate of drug-likeness (QED) is 0.0573. The van der Waals surface area contributed by atoms with Gasteiger partial charge in [0, 0.05) is 11.3 Å². The molecule has 6 aromatic carbocycles. The van der Waals surface area contributed by atoms with E-state index in [1.165, 1.54) is 18.7 Å². The number of ketones is 1. The number of carbonyl (C=O) groups excluding carboxylic acids is 3. The first-order valence-corrected chi connectivity index (χ1v) is 25.4. The summed E-state index contributed by atoms with van der Waals surface area (Å²) >= 11 is 1.26. The minimum Gasteiger partial charge on any atom is -0.457 e. The third-order valence-corrected chi connectivity index (χ3v) is 13.5. The zero-order valence-corrected chi connectivity index (χ0v) is 41.7. The molecule has 0 saturated carbocycles. The fourth-order valence-electron chi connectivity index (χ4n) is 8.56. The molecule has 8 rings (SSSR count).